The average molecular weight is 343 g/mol. The molecule has 0 spiro atoms. The number of carbonyl (C=O) groups excluding carboxylic acids is 2. The van der Waals surface area contributed by atoms with Gasteiger partial charge in [0.2, 0.25) is 11.8 Å². The highest BCUT2D eigenvalue weighted by Gasteiger charge is 2.31. The maximum absolute atomic E-state index is 12.8. The summed E-state index contributed by atoms with van der Waals surface area (Å²) in [6, 6.07) is 8.47. The van der Waals surface area contributed by atoms with Crippen LogP contribution in [0.15, 0.2) is 24.3 Å². The van der Waals surface area contributed by atoms with Crippen molar-refractivity contribution < 1.29 is 9.59 Å². The maximum Gasteiger partial charge on any atom is 0.236 e. The zero-order valence-electron chi connectivity index (χ0n) is 15.3. The summed E-state index contributed by atoms with van der Waals surface area (Å²) in [6.07, 6.45) is 2.52. The normalized spacial score (nSPS) is 22.8. The molecular formula is C20H29N3O2. The molecule has 2 aliphatic heterocycles. The summed E-state index contributed by atoms with van der Waals surface area (Å²) >= 11 is 0. The van der Waals surface area contributed by atoms with Crippen LogP contribution in [0.1, 0.15) is 43.2 Å². The molecule has 0 aromatic heterocycles. The number of likely N-dealkylation sites (tertiary alicyclic amines) is 1. The molecule has 1 aromatic carbocycles. The van der Waals surface area contributed by atoms with Gasteiger partial charge in [0.15, 0.2) is 0 Å². The highest BCUT2D eigenvalue weighted by molar-refractivity contribution is 5.80. The number of benzene rings is 1. The smallest absolute Gasteiger partial charge is 0.236 e. The van der Waals surface area contributed by atoms with Crippen LogP contribution in [0, 0.1) is 6.92 Å². The van der Waals surface area contributed by atoms with E-state index in [1.165, 1.54) is 11.1 Å². The largest absolute Gasteiger partial charge is 0.341 e. The fourth-order valence-electron chi connectivity index (χ4n) is 4.08. The van der Waals surface area contributed by atoms with Gasteiger partial charge in [0, 0.05) is 38.6 Å². The van der Waals surface area contributed by atoms with Crippen molar-refractivity contribution in [3.8, 4) is 0 Å². The number of piperazine rings is 1. The average Bonchev–Trinajstić information content (AvgIpc) is 2.62. The van der Waals surface area contributed by atoms with E-state index in [0.717, 1.165) is 32.5 Å². The Hall–Kier alpha value is -1.88. The fraction of sp³-hybridized carbons (Fsp3) is 0.600. The van der Waals surface area contributed by atoms with Crippen LogP contribution in [-0.4, -0.2) is 60.4 Å². The minimum Gasteiger partial charge on any atom is -0.341 e. The van der Waals surface area contributed by atoms with Crippen molar-refractivity contribution >= 4 is 11.8 Å². The van der Waals surface area contributed by atoms with Gasteiger partial charge in [-0.15, -0.1) is 0 Å². The zero-order chi connectivity index (χ0) is 17.8. The number of amides is 2. The molecule has 0 radical (unpaired) electrons. The van der Waals surface area contributed by atoms with Crippen molar-refractivity contribution in [2.75, 3.05) is 32.7 Å². The number of piperidine rings is 1. The summed E-state index contributed by atoms with van der Waals surface area (Å²) in [5.74, 6) is 0.594. The van der Waals surface area contributed by atoms with Crippen molar-refractivity contribution in [3.63, 3.8) is 0 Å². The van der Waals surface area contributed by atoms with Crippen molar-refractivity contribution in [2.45, 2.75) is 45.1 Å². The van der Waals surface area contributed by atoms with E-state index in [1.54, 1.807) is 0 Å². The van der Waals surface area contributed by atoms with E-state index >= 15 is 0 Å². The first-order chi connectivity index (χ1) is 12.1. The molecule has 5 heteroatoms. The first-order valence-electron chi connectivity index (χ1n) is 9.39. The molecule has 0 saturated carbocycles. The monoisotopic (exact) mass is 343 g/mol. The van der Waals surface area contributed by atoms with E-state index in [9.17, 15) is 9.59 Å². The minimum absolute atomic E-state index is 0.166. The molecule has 0 unspecified atom stereocenters. The molecule has 25 heavy (non-hydrogen) atoms. The Morgan fingerprint density at radius 3 is 2.88 bits per heavy atom. The van der Waals surface area contributed by atoms with E-state index in [-0.39, 0.29) is 23.8 Å². The molecule has 2 aliphatic rings. The molecule has 2 saturated heterocycles. The third kappa shape index (κ3) is 4.21. The fourth-order valence-corrected chi connectivity index (χ4v) is 4.08. The first kappa shape index (κ1) is 17.9. The molecule has 2 fully saturated rings. The predicted molar refractivity (Wildman–Crippen MR) is 98.4 cm³/mol. The summed E-state index contributed by atoms with van der Waals surface area (Å²) in [5.41, 5.74) is 2.49. The van der Waals surface area contributed by atoms with E-state index < -0.39 is 0 Å². The quantitative estimate of drug-likeness (QED) is 0.909. The summed E-state index contributed by atoms with van der Waals surface area (Å²) in [4.78, 5) is 28.9. The molecular weight excluding hydrogens is 314 g/mol. The molecule has 0 bridgehead atoms. The number of carbonyl (C=O) groups is 2. The lowest BCUT2D eigenvalue weighted by molar-refractivity contribution is -0.140. The standard InChI is InChI=1S/C20H29N3O2/c1-15-6-3-4-8-18(15)16(2)12-19(24)22-10-5-7-17(14-22)23-11-9-21-13-20(23)25/h3-4,6,8,16-17,21H,5,7,9-14H2,1-2H3/t16-,17+/m0/s1. The topological polar surface area (TPSA) is 52.7 Å². The van der Waals surface area contributed by atoms with Crippen molar-refractivity contribution in [2.24, 2.45) is 0 Å². The SMILES string of the molecule is Cc1ccccc1[C@@H](C)CC(=O)N1CCC[C@@H](N2CCNCC2=O)C1. The Balaban J connectivity index is 1.60. The molecule has 3 rings (SSSR count). The molecule has 2 atom stereocenters. The summed E-state index contributed by atoms with van der Waals surface area (Å²) in [5, 5.41) is 3.12. The van der Waals surface area contributed by atoms with Crippen LogP contribution in [0.5, 0.6) is 0 Å². The summed E-state index contributed by atoms with van der Waals surface area (Å²) in [6.45, 7) is 7.76. The minimum atomic E-state index is 0.166. The lowest BCUT2D eigenvalue weighted by Gasteiger charge is -2.41. The molecule has 1 aromatic rings. The van der Waals surface area contributed by atoms with Gasteiger partial charge in [-0.05, 0) is 36.8 Å². The number of nitrogens with zero attached hydrogens (tertiary/aromatic N) is 2. The van der Waals surface area contributed by atoms with Gasteiger partial charge < -0.3 is 15.1 Å². The van der Waals surface area contributed by atoms with Crippen molar-refractivity contribution in [1.82, 2.24) is 15.1 Å². The van der Waals surface area contributed by atoms with Gasteiger partial charge in [-0.25, -0.2) is 0 Å². The van der Waals surface area contributed by atoms with E-state index in [2.05, 4.69) is 31.3 Å². The molecule has 136 valence electrons. The third-order valence-electron chi connectivity index (χ3n) is 5.52. The third-order valence-corrected chi connectivity index (χ3v) is 5.52. The number of rotatable bonds is 4. The van der Waals surface area contributed by atoms with Crippen LogP contribution >= 0.6 is 0 Å². The van der Waals surface area contributed by atoms with Crippen LogP contribution in [0.4, 0.5) is 0 Å². The molecule has 0 aliphatic carbocycles. The lowest BCUT2D eigenvalue weighted by atomic mass is 9.92. The Labute approximate surface area is 150 Å². The highest BCUT2D eigenvalue weighted by atomic mass is 16.2. The van der Waals surface area contributed by atoms with E-state index in [1.807, 2.05) is 21.9 Å². The van der Waals surface area contributed by atoms with Gasteiger partial charge in [-0.3, -0.25) is 9.59 Å². The van der Waals surface area contributed by atoms with Crippen LogP contribution in [0.25, 0.3) is 0 Å². The van der Waals surface area contributed by atoms with Crippen molar-refractivity contribution in [3.05, 3.63) is 35.4 Å². The first-order valence-corrected chi connectivity index (χ1v) is 9.39. The van der Waals surface area contributed by atoms with Gasteiger partial charge in [0.25, 0.3) is 0 Å². The Kier molecular flexibility index (Phi) is 5.74. The molecule has 2 amide bonds. The van der Waals surface area contributed by atoms with Crippen LogP contribution in [-0.2, 0) is 9.59 Å². The van der Waals surface area contributed by atoms with Gasteiger partial charge in [-0.2, -0.15) is 0 Å². The summed E-state index contributed by atoms with van der Waals surface area (Å²) in [7, 11) is 0. The predicted octanol–water partition coefficient (Wildman–Crippen LogP) is 1.91. The lowest BCUT2D eigenvalue weighted by Crippen LogP contribution is -2.57. The van der Waals surface area contributed by atoms with Gasteiger partial charge in [0.1, 0.15) is 0 Å². The Bertz CT molecular complexity index is 631. The second-order valence-corrected chi connectivity index (χ2v) is 7.36. The molecule has 1 N–H and O–H groups in total. The van der Waals surface area contributed by atoms with Crippen LogP contribution in [0.2, 0.25) is 0 Å². The number of hydrogen-bond donors (Lipinski definition) is 1. The van der Waals surface area contributed by atoms with E-state index in [4.69, 9.17) is 0 Å². The Morgan fingerprint density at radius 1 is 1.32 bits per heavy atom. The molecule has 2 heterocycles. The molecule has 5 nitrogen and oxygen atoms in total. The summed E-state index contributed by atoms with van der Waals surface area (Å²) < 4.78 is 0. The maximum atomic E-state index is 12.8. The highest BCUT2D eigenvalue weighted by Crippen LogP contribution is 2.25. The number of aryl methyl sites for hydroxylation is 1. The van der Waals surface area contributed by atoms with Gasteiger partial charge in [0.05, 0.1) is 6.54 Å². The van der Waals surface area contributed by atoms with Gasteiger partial charge in [-0.1, -0.05) is 31.2 Å². The van der Waals surface area contributed by atoms with Crippen LogP contribution in [0.3, 0.4) is 0 Å². The Morgan fingerprint density at radius 2 is 2.12 bits per heavy atom. The van der Waals surface area contributed by atoms with Crippen molar-refractivity contribution in [1.29, 1.82) is 0 Å². The number of hydrogen-bond acceptors (Lipinski definition) is 3. The second-order valence-electron chi connectivity index (χ2n) is 7.36. The number of nitrogens with one attached hydrogen (secondary N) is 1. The van der Waals surface area contributed by atoms with Crippen LogP contribution < -0.4 is 5.32 Å². The van der Waals surface area contributed by atoms with E-state index in [0.29, 0.717) is 19.5 Å². The second kappa shape index (κ2) is 8.00. The zero-order valence-corrected chi connectivity index (χ0v) is 15.3. The van der Waals surface area contributed by atoms with Gasteiger partial charge >= 0.3 is 0 Å².